The van der Waals surface area contributed by atoms with E-state index in [9.17, 15) is 5.11 Å². The summed E-state index contributed by atoms with van der Waals surface area (Å²) in [6.45, 7) is 6.09. The molecule has 1 atom stereocenters. The van der Waals surface area contributed by atoms with Gasteiger partial charge < -0.3 is 5.11 Å². The minimum Gasteiger partial charge on any atom is -0.381 e. The third kappa shape index (κ3) is 2.87. The van der Waals surface area contributed by atoms with E-state index in [0.717, 1.165) is 29.5 Å². The molecule has 0 saturated heterocycles. The van der Waals surface area contributed by atoms with Crippen LogP contribution in [0.3, 0.4) is 0 Å². The lowest BCUT2D eigenvalue weighted by Crippen LogP contribution is -2.24. The van der Waals surface area contributed by atoms with Gasteiger partial charge in [0.25, 0.3) is 0 Å². The van der Waals surface area contributed by atoms with Crippen LogP contribution in [-0.2, 0) is 12.0 Å². The Kier molecular flexibility index (Phi) is 4.06. The van der Waals surface area contributed by atoms with Gasteiger partial charge in [-0.1, -0.05) is 61.9 Å². The molecule has 0 aliphatic heterocycles. The van der Waals surface area contributed by atoms with Gasteiger partial charge in [-0.15, -0.1) is 0 Å². The molecule has 0 saturated carbocycles. The fourth-order valence-electron chi connectivity index (χ4n) is 2.59. The van der Waals surface area contributed by atoms with E-state index in [4.69, 9.17) is 0 Å². The van der Waals surface area contributed by atoms with E-state index < -0.39 is 5.60 Å². The van der Waals surface area contributed by atoms with Crippen molar-refractivity contribution < 1.29 is 5.11 Å². The van der Waals surface area contributed by atoms with Crippen molar-refractivity contribution >= 4 is 0 Å². The van der Waals surface area contributed by atoms with E-state index in [2.05, 4.69) is 19.1 Å². The van der Waals surface area contributed by atoms with E-state index in [-0.39, 0.29) is 0 Å². The first-order valence-corrected chi connectivity index (χ1v) is 6.93. The number of aryl methyl sites for hydroxylation is 2. The highest BCUT2D eigenvalue weighted by molar-refractivity contribution is 5.40. The van der Waals surface area contributed by atoms with Gasteiger partial charge in [-0.3, -0.25) is 0 Å². The molecule has 0 heterocycles. The highest BCUT2D eigenvalue weighted by atomic mass is 16.3. The normalized spacial score (nSPS) is 14.1. The van der Waals surface area contributed by atoms with Crippen LogP contribution in [-0.4, -0.2) is 5.11 Å². The van der Waals surface area contributed by atoms with Gasteiger partial charge in [-0.25, -0.2) is 0 Å². The molecule has 2 rings (SSSR count). The minimum atomic E-state index is -0.935. The monoisotopic (exact) mass is 254 g/mol. The van der Waals surface area contributed by atoms with Crippen molar-refractivity contribution in [3.05, 3.63) is 70.8 Å². The predicted octanol–water partition coefficient (Wildman–Crippen LogP) is 4.20. The van der Waals surface area contributed by atoms with Crippen molar-refractivity contribution in [2.24, 2.45) is 0 Å². The predicted molar refractivity (Wildman–Crippen MR) is 80.3 cm³/mol. The SMILES string of the molecule is CCCc1cccc(C(C)(O)c2ccccc2C)c1. The second-order valence-corrected chi connectivity index (χ2v) is 5.34. The van der Waals surface area contributed by atoms with Crippen LogP contribution in [0, 0.1) is 6.92 Å². The van der Waals surface area contributed by atoms with E-state index in [0.29, 0.717) is 0 Å². The Morgan fingerprint density at radius 3 is 2.47 bits per heavy atom. The van der Waals surface area contributed by atoms with Gasteiger partial charge in [-0.2, -0.15) is 0 Å². The molecule has 100 valence electrons. The summed E-state index contributed by atoms with van der Waals surface area (Å²) in [5, 5.41) is 10.9. The van der Waals surface area contributed by atoms with Crippen LogP contribution in [0.15, 0.2) is 48.5 Å². The summed E-state index contributed by atoms with van der Waals surface area (Å²) in [7, 11) is 0. The largest absolute Gasteiger partial charge is 0.381 e. The molecule has 1 unspecified atom stereocenters. The Labute approximate surface area is 115 Å². The summed E-state index contributed by atoms with van der Waals surface area (Å²) in [4.78, 5) is 0. The third-order valence-corrected chi connectivity index (χ3v) is 3.70. The van der Waals surface area contributed by atoms with Gasteiger partial charge >= 0.3 is 0 Å². The summed E-state index contributed by atoms with van der Waals surface area (Å²) in [5.41, 5.74) is 3.41. The molecule has 1 heteroatoms. The molecule has 0 radical (unpaired) electrons. The Morgan fingerprint density at radius 1 is 1.05 bits per heavy atom. The van der Waals surface area contributed by atoms with Crippen molar-refractivity contribution in [1.82, 2.24) is 0 Å². The number of rotatable bonds is 4. The summed E-state index contributed by atoms with van der Waals surface area (Å²) >= 11 is 0. The zero-order valence-electron chi connectivity index (χ0n) is 12.0. The highest BCUT2D eigenvalue weighted by Crippen LogP contribution is 2.31. The molecule has 0 amide bonds. The molecule has 0 bridgehead atoms. The van der Waals surface area contributed by atoms with Gasteiger partial charge in [0.1, 0.15) is 5.60 Å². The van der Waals surface area contributed by atoms with Crippen LogP contribution < -0.4 is 0 Å². The summed E-state index contributed by atoms with van der Waals surface area (Å²) in [5.74, 6) is 0. The molecule has 1 N–H and O–H groups in total. The first-order valence-electron chi connectivity index (χ1n) is 6.93. The molecule has 19 heavy (non-hydrogen) atoms. The average molecular weight is 254 g/mol. The number of benzene rings is 2. The third-order valence-electron chi connectivity index (χ3n) is 3.70. The van der Waals surface area contributed by atoms with Crippen molar-refractivity contribution in [2.75, 3.05) is 0 Å². The number of hydrogen-bond acceptors (Lipinski definition) is 1. The molecule has 0 aliphatic rings. The molecule has 0 fully saturated rings. The standard InChI is InChI=1S/C18H22O/c1-4-8-15-10-7-11-16(13-15)18(3,19)17-12-6-5-9-14(17)2/h5-7,9-13,19H,4,8H2,1-3H3. The molecule has 1 nitrogen and oxygen atoms in total. The van der Waals surface area contributed by atoms with Crippen LogP contribution in [0.4, 0.5) is 0 Å². The minimum absolute atomic E-state index is 0.935. The maximum atomic E-state index is 10.9. The van der Waals surface area contributed by atoms with Gasteiger partial charge in [0.2, 0.25) is 0 Å². The van der Waals surface area contributed by atoms with Crippen LogP contribution in [0.2, 0.25) is 0 Å². The lowest BCUT2D eigenvalue weighted by Gasteiger charge is -2.26. The quantitative estimate of drug-likeness (QED) is 0.866. The van der Waals surface area contributed by atoms with Crippen molar-refractivity contribution in [1.29, 1.82) is 0 Å². The smallest absolute Gasteiger partial charge is 0.112 e. The molecular formula is C18H22O. The molecule has 2 aromatic rings. The fourth-order valence-corrected chi connectivity index (χ4v) is 2.59. The zero-order valence-corrected chi connectivity index (χ0v) is 12.0. The van der Waals surface area contributed by atoms with E-state index >= 15 is 0 Å². The fraction of sp³-hybridized carbons (Fsp3) is 0.333. The molecule has 0 aliphatic carbocycles. The lowest BCUT2D eigenvalue weighted by molar-refractivity contribution is 0.101. The van der Waals surface area contributed by atoms with Crippen LogP contribution in [0.1, 0.15) is 42.5 Å². The van der Waals surface area contributed by atoms with Crippen LogP contribution >= 0.6 is 0 Å². The first-order chi connectivity index (χ1) is 9.05. The molecule has 2 aromatic carbocycles. The molecule has 0 aromatic heterocycles. The first kappa shape index (κ1) is 13.8. The van der Waals surface area contributed by atoms with Crippen molar-refractivity contribution in [3.63, 3.8) is 0 Å². The zero-order chi connectivity index (χ0) is 13.9. The summed E-state index contributed by atoms with van der Waals surface area (Å²) in [6, 6.07) is 16.3. The topological polar surface area (TPSA) is 20.2 Å². The molecule has 0 spiro atoms. The maximum absolute atomic E-state index is 10.9. The Balaban J connectivity index is 2.44. The second-order valence-electron chi connectivity index (χ2n) is 5.34. The Morgan fingerprint density at radius 2 is 1.79 bits per heavy atom. The van der Waals surface area contributed by atoms with E-state index in [1.54, 1.807) is 0 Å². The van der Waals surface area contributed by atoms with Gasteiger partial charge in [0, 0.05) is 0 Å². The summed E-state index contributed by atoms with van der Waals surface area (Å²) < 4.78 is 0. The van der Waals surface area contributed by atoms with Crippen LogP contribution in [0.25, 0.3) is 0 Å². The van der Waals surface area contributed by atoms with Gasteiger partial charge in [0.15, 0.2) is 0 Å². The van der Waals surface area contributed by atoms with Gasteiger partial charge in [0.05, 0.1) is 0 Å². The Hall–Kier alpha value is -1.60. The van der Waals surface area contributed by atoms with Crippen LogP contribution in [0.5, 0.6) is 0 Å². The Bertz CT molecular complexity index is 555. The number of aliphatic hydroxyl groups is 1. The van der Waals surface area contributed by atoms with Crippen molar-refractivity contribution in [3.8, 4) is 0 Å². The highest BCUT2D eigenvalue weighted by Gasteiger charge is 2.26. The summed E-state index contributed by atoms with van der Waals surface area (Å²) in [6.07, 6.45) is 2.17. The van der Waals surface area contributed by atoms with E-state index in [1.807, 2.05) is 50.2 Å². The van der Waals surface area contributed by atoms with Crippen molar-refractivity contribution in [2.45, 2.75) is 39.2 Å². The maximum Gasteiger partial charge on any atom is 0.112 e. The van der Waals surface area contributed by atoms with Gasteiger partial charge in [-0.05, 0) is 42.5 Å². The average Bonchev–Trinajstić information content (AvgIpc) is 2.40. The second kappa shape index (κ2) is 5.58. The lowest BCUT2D eigenvalue weighted by atomic mass is 9.85. The number of hydrogen-bond donors (Lipinski definition) is 1. The van der Waals surface area contributed by atoms with E-state index in [1.165, 1.54) is 5.56 Å². The molecular weight excluding hydrogens is 232 g/mol.